The maximum atomic E-state index is 13.4. The molecule has 0 spiro atoms. The van der Waals surface area contributed by atoms with Crippen molar-refractivity contribution in [2.24, 2.45) is 5.73 Å². The monoisotopic (exact) mass is 438 g/mol. The molecule has 1 aromatic carbocycles. The molecule has 2 fully saturated rings. The van der Waals surface area contributed by atoms with E-state index in [2.05, 4.69) is 4.90 Å². The number of benzene rings is 1. The number of amides is 1. The van der Waals surface area contributed by atoms with Crippen LogP contribution in [-0.2, 0) is 0 Å². The van der Waals surface area contributed by atoms with Crippen molar-refractivity contribution in [1.29, 1.82) is 0 Å². The van der Waals surface area contributed by atoms with Gasteiger partial charge in [0.25, 0.3) is 5.91 Å². The van der Waals surface area contributed by atoms with Gasteiger partial charge in [0.05, 0.1) is 17.9 Å². The number of likely N-dealkylation sites (tertiary alicyclic amines) is 1. The highest BCUT2D eigenvalue weighted by Gasteiger charge is 2.31. The number of carbonyl (C=O) groups excluding carboxylic acids is 1. The zero-order valence-corrected chi connectivity index (χ0v) is 18.4. The molecule has 5 rings (SSSR count). The van der Waals surface area contributed by atoms with Crippen molar-refractivity contribution >= 4 is 29.0 Å². The molecule has 7 nitrogen and oxygen atoms in total. The molecule has 2 aliphatic rings. The van der Waals surface area contributed by atoms with Gasteiger partial charge in [-0.15, -0.1) is 5.10 Å². The summed E-state index contributed by atoms with van der Waals surface area (Å²) < 4.78 is 1.83. The molecule has 2 saturated heterocycles. The highest BCUT2D eigenvalue weighted by molar-refractivity contribution is 6.31. The summed E-state index contributed by atoms with van der Waals surface area (Å²) in [5, 5.41) is 5.34. The highest BCUT2D eigenvalue weighted by Crippen LogP contribution is 2.33. The number of carbonyl (C=O) groups is 1. The fraction of sp³-hybridized carbons (Fsp3) is 0.435. The van der Waals surface area contributed by atoms with Crippen LogP contribution in [0, 0.1) is 6.92 Å². The lowest BCUT2D eigenvalue weighted by Crippen LogP contribution is -2.39. The Hall–Kier alpha value is -2.64. The normalized spacial score (nSPS) is 21.8. The van der Waals surface area contributed by atoms with Crippen molar-refractivity contribution in [3.05, 3.63) is 58.4 Å². The molecule has 31 heavy (non-hydrogen) atoms. The van der Waals surface area contributed by atoms with Crippen molar-refractivity contribution < 1.29 is 4.79 Å². The zero-order valence-electron chi connectivity index (χ0n) is 17.7. The molecule has 4 heterocycles. The molecule has 2 aromatic heterocycles. The van der Waals surface area contributed by atoms with E-state index in [0.29, 0.717) is 17.1 Å². The number of nitrogens with zero attached hydrogens (tertiary/aromatic N) is 5. The van der Waals surface area contributed by atoms with Crippen molar-refractivity contribution in [3.63, 3.8) is 0 Å². The molecule has 0 bridgehead atoms. The molecule has 3 aromatic rings. The molecule has 0 saturated carbocycles. The molecular formula is C23H27ClN6O. The lowest BCUT2D eigenvalue weighted by molar-refractivity contribution is 0.0606. The fourth-order valence-electron chi connectivity index (χ4n) is 4.68. The van der Waals surface area contributed by atoms with Gasteiger partial charge in [-0.05, 0) is 62.4 Å². The first-order valence-electron chi connectivity index (χ1n) is 10.9. The third kappa shape index (κ3) is 3.88. The van der Waals surface area contributed by atoms with Gasteiger partial charge in [-0.2, -0.15) is 0 Å². The van der Waals surface area contributed by atoms with Gasteiger partial charge < -0.3 is 15.5 Å². The smallest absolute Gasteiger partial charge is 0.254 e. The van der Waals surface area contributed by atoms with Crippen LogP contribution >= 0.6 is 11.6 Å². The van der Waals surface area contributed by atoms with Crippen LogP contribution in [0.15, 0.2) is 36.5 Å². The van der Waals surface area contributed by atoms with E-state index in [9.17, 15) is 4.79 Å². The number of hydrogen-bond acceptors (Lipinski definition) is 5. The van der Waals surface area contributed by atoms with E-state index in [-0.39, 0.29) is 18.0 Å². The minimum Gasteiger partial charge on any atom is -0.354 e. The van der Waals surface area contributed by atoms with E-state index < -0.39 is 0 Å². The van der Waals surface area contributed by atoms with Crippen molar-refractivity contribution in [1.82, 2.24) is 19.5 Å². The Morgan fingerprint density at radius 3 is 2.84 bits per heavy atom. The van der Waals surface area contributed by atoms with Crippen LogP contribution in [-0.4, -0.2) is 51.1 Å². The van der Waals surface area contributed by atoms with Gasteiger partial charge in [-0.25, -0.2) is 9.50 Å². The maximum absolute atomic E-state index is 13.4. The van der Waals surface area contributed by atoms with Crippen LogP contribution in [0.3, 0.4) is 0 Å². The van der Waals surface area contributed by atoms with Crippen molar-refractivity contribution in [2.45, 2.75) is 44.7 Å². The van der Waals surface area contributed by atoms with Gasteiger partial charge in [0, 0.05) is 36.3 Å². The second-order valence-corrected chi connectivity index (χ2v) is 9.06. The van der Waals surface area contributed by atoms with Gasteiger partial charge in [0.2, 0.25) is 0 Å². The van der Waals surface area contributed by atoms with Crippen molar-refractivity contribution in [3.8, 4) is 0 Å². The van der Waals surface area contributed by atoms with E-state index in [1.165, 1.54) is 0 Å². The number of fused-ring (bicyclic) bond motifs is 1. The summed E-state index contributed by atoms with van der Waals surface area (Å²) in [6.45, 7) is 4.41. The maximum Gasteiger partial charge on any atom is 0.254 e. The Kier molecular flexibility index (Phi) is 5.32. The first kappa shape index (κ1) is 20.3. The number of nitrogens with two attached hydrogens (primary N) is 1. The lowest BCUT2D eigenvalue weighted by atomic mass is 9.97. The van der Waals surface area contributed by atoms with E-state index >= 15 is 0 Å². The van der Waals surface area contributed by atoms with Crippen LogP contribution in [0.2, 0.25) is 5.02 Å². The topological polar surface area (TPSA) is 79.8 Å². The summed E-state index contributed by atoms with van der Waals surface area (Å²) in [7, 11) is 0. The third-order valence-electron chi connectivity index (χ3n) is 6.41. The van der Waals surface area contributed by atoms with Crippen LogP contribution in [0.1, 0.15) is 53.3 Å². The lowest BCUT2D eigenvalue weighted by Gasteiger charge is -2.35. The van der Waals surface area contributed by atoms with E-state index in [4.69, 9.17) is 27.4 Å². The molecule has 162 valence electrons. The summed E-state index contributed by atoms with van der Waals surface area (Å²) in [4.78, 5) is 22.4. The zero-order chi connectivity index (χ0) is 21.5. The van der Waals surface area contributed by atoms with Crippen LogP contribution in [0.5, 0.6) is 0 Å². The standard InChI is InChI=1S/C23H27ClN6O/c1-15-5-6-16(24)12-18(15)23(31)29-10-3-2-4-20(29)19-14-30-21(26-19)7-8-22(27-30)28-11-9-17(25)13-28/h5-8,12,14,17,20H,2-4,9-11,13,25H2,1H3/t17-,20-/m0/s1. The second-order valence-electron chi connectivity index (χ2n) is 8.62. The van der Waals surface area contributed by atoms with E-state index in [0.717, 1.165) is 61.5 Å². The molecule has 2 atom stereocenters. The van der Waals surface area contributed by atoms with Gasteiger partial charge >= 0.3 is 0 Å². The van der Waals surface area contributed by atoms with E-state index in [1.54, 1.807) is 6.07 Å². The third-order valence-corrected chi connectivity index (χ3v) is 6.64. The Morgan fingerprint density at radius 1 is 1.16 bits per heavy atom. The summed E-state index contributed by atoms with van der Waals surface area (Å²) in [6.07, 6.45) is 5.91. The first-order chi connectivity index (χ1) is 15.0. The molecule has 8 heteroatoms. The van der Waals surface area contributed by atoms with Gasteiger partial charge in [-0.3, -0.25) is 4.79 Å². The number of hydrogen-bond donors (Lipinski definition) is 1. The number of halogens is 1. The Labute approximate surface area is 186 Å². The summed E-state index contributed by atoms with van der Waals surface area (Å²) in [6, 6.07) is 9.62. The average molecular weight is 439 g/mol. The van der Waals surface area contributed by atoms with E-state index in [1.807, 2.05) is 46.8 Å². The molecule has 0 radical (unpaired) electrons. The van der Waals surface area contributed by atoms with Gasteiger partial charge in [0.1, 0.15) is 5.82 Å². The molecule has 0 unspecified atom stereocenters. The number of aromatic nitrogens is 3. The van der Waals surface area contributed by atoms with Crippen LogP contribution < -0.4 is 10.6 Å². The predicted molar refractivity (Wildman–Crippen MR) is 122 cm³/mol. The minimum absolute atomic E-state index is 0.0152. The summed E-state index contributed by atoms with van der Waals surface area (Å²) in [5.41, 5.74) is 9.32. The quantitative estimate of drug-likeness (QED) is 0.675. The summed E-state index contributed by atoms with van der Waals surface area (Å²) >= 11 is 6.18. The number of piperidine rings is 1. The molecule has 2 N–H and O–H groups in total. The largest absolute Gasteiger partial charge is 0.354 e. The van der Waals surface area contributed by atoms with Crippen LogP contribution in [0.4, 0.5) is 5.82 Å². The molecular weight excluding hydrogens is 412 g/mol. The summed E-state index contributed by atoms with van der Waals surface area (Å²) in [5.74, 6) is 0.928. The Balaban J connectivity index is 1.45. The van der Waals surface area contributed by atoms with Crippen molar-refractivity contribution in [2.75, 3.05) is 24.5 Å². The SMILES string of the molecule is Cc1ccc(Cl)cc1C(=O)N1CCCC[C@H]1c1cn2nc(N3CC[C@H](N)C3)ccc2n1. The number of rotatable bonds is 3. The average Bonchev–Trinajstić information content (AvgIpc) is 3.40. The van der Waals surface area contributed by atoms with Gasteiger partial charge in [-0.1, -0.05) is 17.7 Å². The number of imidazole rings is 1. The molecule has 0 aliphatic carbocycles. The highest BCUT2D eigenvalue weighted by atomic mass is 35.5. The molecule has 1 amide bonds. The van der Waals surface area contributed by atoms with Crippen LogP contribution in [0.25, 0.3) is 5.65 Å². The number of aryl methyl sites for hydroxylation is 1. The molecule has 2 aliphatic heterocycles. The Bertz CT molecular complexity index is 1130. The predicted octanol–water partition coefficient (Wildman–Crippen LogP) is 3.60. The second kappa shape index (κ2) is 8.13. The van der Waals surface area contributed by atoms with Gasteiger partial charge in [0.15, 0.2) is 5.65 Å². The first-order valence-corrected chi connectivity index (χ1v) is 11.3. The Morgan fingerprint density at radius 2 is 2.03 bits per heavy atom. The minimum atomic E-state index is -0.0648. The fourth-order valence-corrected chi connectivity index (χ4v) is 4.85. The number of anilines is 1.